The van der Waals surface area contributed by atoms with Crippen LogP contribution in [0, 0.1) is 17.8 Å². The first-order chi connectivity index (χ1) is 6.36. The van der Waals surface area contributed by atoms with Crippen LogP contribution < -0.4 is 0 Å². The van der Waals surface area contributed by atoms with Gasteiger partial charge in [-0.25, -0.2) is 0 Å². The second-order valence-electron chi connectivity index (χ2n) is 3.80. The molecule has 78 valence electrons. The number of nitrogens with zero attached hydrogens (tertiary/aromatic N) is 1. The Bertz CT molecular complexity index is 137. The third-order valence-electron chi connectivity index (χ3n) is 3.25. The van der Waals surface area contributed by atoms with Gasteiger partial charge in [0.25, 0.3) is 0 Å². The number of hydrogen-bond acceptors (Lipinski definition) is 2. The van der Waals surface area contributed by atoms with Gasteiger partial charge in [0, 0.05) is 26.8 Å². The maximum atomic E-state index is 5.15. The van der Waals surface area contributed by atoms with Crippen molar-refractivity contribution in [1.29, 1.82) is 0 Å². The number of hydrogen-bond donors (Lipinski definition) is 0. The second-order valence-corrected chi connectivity index (χ2v) is 3.80. The van der Waals surface area contributed by atoms with Gasteiger partial charge >= 0.3 is 0 Å². The molecule has 0 amide bonds. The lowest BCUT2D eigenvalue weighted by molar-refractivity contribution is 0.162. The Labute approximate surface area is 82.3 Å². The summed E-state index contributed by atoms with van der Waals surface area (Å²) in [6, 6.07) is 0. The van der Waals surface area contributed by atoms with Gasteiger partial charge in [0.15, 0.2) is 0 Å². The van der Waals surface area contributed by atoms with Crippen LogP contribution in [0.3, 0.4) is 0 Å². The van der Waals surface area contributed by atoms with E-state index in [1.54, 1.807) is 0 Å². The summed E-state index contributed by atoms with van der Waals surface area (Å²) in [5, 5.41) is 0. The molecule has 0 radical (unpaired) electrons. The molecule has 2 heteroatoms. The molecule has 0 spiro atoms. The highest BCUT2D eigenvalue weighted by Crippen LogP contribution is 2.51. The maximum Gasteiger partial charge on any atom is 0.0496 e. The Morgan fingerprint density at radius 3 is 2.15 bits per heavy atom. The fraction of sp³-hybridized carbons (Fsp3) is 1.00. The average molecular weight is 185 g/mol. The van der Waals surface area contributed by atoms with Crippen molar-refractivity contribution in [1.82, 2.24) is 4.90 Å². The second kappa shape index (κ2) is 4.97. The molecule has 13 heavy (non-hydrogen) atoms. The average Bonchev–Trinajstić information content (AvgIpc) is 2.68. The lowest BCUT2D eigenvalue weighted by Gasteiger charge is -2.16. The first kappa shape index (κ1) is 11.0. The quantitative estimate of drug-likeness (QED) is 0.665. The summed E-state index contributed by atoms with van der Waals surface area (Å²) in [7, 11) is 1.81. The third kappa shape index (κ3) is 2.23. The number of methoxy groups -OCH3 is 1. The molecule has 1 unspecified atom stereocenters. The molecule has 0 N–H and O–H groups in total. The standard InChI is InChI=1S/C9H17NO.C2H6/c1-3-10-4-7-8(5-10)9(7)6-11-2;1-2/h7-9H,3-6H2,1-2H3;1-2H3/t7-,8+,9?;. The molecule has 1 aliphatic heterocycles. The van der Waals surface area contributed by atoms with Gasteiger partial charge in [-0.3, -0.25) is 0 Å². The Morgan fingerprint density at radius 2 is 1.77 bits per heavy atom. The van der Waals surface area contributed by atoms with Crippen molar-refractivity contribution < 1.29 is 4.74 Å². The molecule has 0 aromatic carbocycles. The van der Waals surface area contributed by atoms with E-state index in [-0.39, 0.29) is 0 Å². The maximum absolute atomic E-state index is 5.15. The van der Waals surface area contributed by atoms with Crippen molar-refractivity contribution in [2.75, 3.05) is 33.4 Å². The number of fused-ring (bicyclic) bond motifs is 1. The zero-order valence-electron chi connectivity index (χ0n) is 9.42. The van der Waals surface area contributed by atoms with Crippen LogP contribution in [0.1, 0.15) is 20.8 Å². The van der Waals surface area contributed by atoms with Crippen LogP contribution in [0.15, 0.2) is 0 Å². The molecule has 2 rings (SSSR count). The topological polar surface area (TPSA) is 12.5 Å². The predicted octanol–water partition coefficient (Wildman–Crippen LogP) is 1.86. The van der Waals surface area contributed by atoms with E-state index in [1.165, 1.54) is 19.6 Å². The van der Waals surface area contributed by atoms with Crippen LogP contribution in [0.5, 0.6) is 0 Å². The molecule has 1 heterocycles. The van der Waals surface area contributed by atoms with E-state index in [9.17, 15) is 0 Å². The van der Waals surface area contributed by atoms with E-state index < -0.39 is 0 Å². The monoisotopic (exact) mass is 185 g/mol. The van der Waals surface area contributed by atoms with E-state index >= 15 is 0 Å². The summed E-state index contributed by atoms with van der Waals surface area (Å²) in [5.74, 6) is 2.87. The van der Waals surface area contributed by atoms with Crippen LogP contribution >= 0.6 is 0 Å². The number of piperidine rings is 1. The largest absolute Gasteiger partial charge is 0.384 e. The third-order valence-corrected chi connectivity index (χ3v) is 3.25. The van der Waals surface area contributed by atoms with Crippen molar-refractivity contribution in [3.8, 4) is 0 Å². The van der Waals surface area contributed by atoms with Crippen LogP contribution in [0.4, 0.5) is 0 Å². The minimum Gasteiger partial charge on any atom is -0.384 e. The van der Waals surface area contributed by atoms with Crippen molar-refractivity contribution in [3.05, 3.63) is 0 Å². The summed E-state index contributed by atoms with van der Waals surface area (Å²) in [5.41, 5.74) is 0. The lowest BCUT2D eigenvalue weighted by atomic mass is 10.3. The molecule has 0 aromatic rings. The highest BCUT2D eigenvalue weighted by Gasteiger charge is 2.54. The minimum atomic E-state index is 0.905. The summed E-state index contributed by atoms with van der Waals surface area (Å²) < 4.78 is 5.15. The van der Waals surface area contributed by atoms with Crippen molar-refractivity contribution >= 4 is 0 Å². The molecule has 2 nitrogen and oxygen atoms in total. The van der Waals surface area contributed by atoms with Crippen molar-refractivity contribution in [2.24, 2.45) is 17.8 Å². The number of rotatable bonds is 3. The summed E-state index contributed by atoms with van der Waals surface area (Å²) in [6.07, 6.45) is 0. The molecule has 1 aliphatic carbocycles. The van der Waals surface area contributed by atoms with Gasteiger partial charge in [0.05, 0.1) is 0 Å². The smallest absolute Gasteiger partial charge is 0.0496 e. The van der Waals surface area contributed by atoms with E-state index in [0.29, 0.717) is 0 Å². The zero-order chi connectivity index (χ0) is 9.84. The summed E-state index contributed by atoms with van der Waals surface area (Å²) >= 11 is 0. The summed E-state index contributed by atoms with van der Waals surface area (Å²) in [4.78, 5) is 2.54. The van der Waals surface area contributed by atoms with Crippen molar-refractivity contribution in [3.63, 3.8) is 0 Å². The summed E-state index contributed by atoms with van der Waals surface area (Å²) in [6.45, 7) is 11.1. The molecular weight excluding hydrogens is 162 g/mol. The zero-order valence-corrected chi connectivity index (χ0v) is 9.42. The van der Waals surface area contributed by atoms with Crippen LogP contribution in [0.2, 0.25) is 0 Å². The molecule has 1 saturated carbocycles. The molecule has 0 aromatic heterocycles. The predicted molar refractivity (Wildman–Crippen MR) is 55.8 cm³/mol. The van der Waals surface area contributed by atoms with E-state index in [2.05, 4.69) is 11.8 Å². The molecule has 0 bridgehead atoms. The van der Waals surface area contributed by atoms with Crippen LogP contribution in [-0.2, 0) is 4.74 Å². The minimum absolute atomic E-state index is 0.905. The Hall–Kier alpha value is -0.0800. The Morgan fingerprint density at radius 1 is 1.23 bits per heavy atom. The van der Waals surface area contributed by atoms with E-state index in [0.717, 1.165) is 24.4 Å². The highest BCUT2D eigenvalue weighted by molar-refractivity contribution is 5.04. The first-order valence-electron chi connectivity index (χ1n) is 5.58. The van der Waals surface area contributed by atoms with Gasteiger partial charge in [-0.15, -0.1) is 0 Å². The normalized spacial score (nSPS) is 36.5. The molecule has 1 saturated heterocycles. The van der Waals surface area contributed by atoms with Gasteiger partial charge in [0.1, 0.15) is 0 Å². The van der Waals surface area contributed by atoms with Crippen LogP contribution in [-0.4, -0.2) is 38.3 Å². The number of ether oxygens (including phenoxy) is 1. The molecule has 2 fully saturated rings. The Balaban J connectivity index is 0.000000396. The Kier molecular flexibility index (Phi) is 4.20. The molecule has 3 atom stereocenters. The number of likely N-dealkylation sites (tertiary alicyclic amines) is 1. The SMILES string of the molecule is CC.CCN1C[C@@H]2C(COC)[C@@H]2C1. The highest BCUT2D eigenvalue weighted by atomic mass is 16.5. The lowest BCUT2D eigenvalue weighted by Crippen LogP contribution is -2.24. The van der Waals surface area contributed by atoms with Gasteiger partial charge in [-0.1, -0.05) is 20.8 Å². The van der Waals surface area contributed by atoms with Gasteiger partial charge in [0.2, 0.25) is 0 Å². The van der Waals surface area contributed by atoms with E-state index in [4.69, 9.17) is 4.74 Å². The molecule has 2 aliphatic rings. The van der Waals surface area contributed by atoms with Gasteiger partial charge < -0.3 is 9.64 Å². The molecular formula is C11H23NO. The van der Waals surface area contributed by atoms with E-state index in [1.807, 2.05) is 21.0 Å². The fourth-order valence-corrected chi connectivity index (χ4v) is 2.43. The van der Waals surface area contributed by atoms with Crippen molar-refractivity contribution in [2.45, 2.75) is 20.8 Å². The fourth-order valence-electron chi connectivity index (χ4n) is 2.43. The van der Waals surface area contributed by atoms with Gasteiger partial charge in [-0.05, 0) is 24.3 Å². The van der Waals surface area contributed by atoms with Crippen LogP contribution in [0.25, 0.3) is 0 Å². The van der Waals surface area contributed by atoms with Gasteiger partial charge in [-0.2, -0.15) is 0 Å². The first-order valence-corrected chi connectivity index (χ1v) is 5.58.